The van der Waals surface area contributed by atoms with Gasteiger partial charge in [-0.3, -0.25) is 0 Å². The highest BCUT2D eigenvalue weighted by Gasteiger charge is 2.19. The van der Waals surface area contributed by atoms with E-state index in [0.717, 1.165) is 17.7 Å². The Morgan fingerprint density at radius 3 is 2.62 bits per heavy atom. The second-order valence-electron chi connectivity index (χ2n) is 6.48. The van der Waals surface area contributed by atoms with Crippen LogP contribution < -0.4 is 4.74 Å². The number of phenols is 1. The molecule has 1 aliphatic carbocycles. The lowest BCUT2D eigenvalue weighted by molar-refractivity contribution is 0.206. The molecule has 2 heteroatoms. The average Bonchev–Trinajstić information content (AvgIpc) is 2.48. The fourth-order valence-corrected chi connectivity index (χ4v) is 3.33. The summed E-state index contributed by atoms with van der Waals surface area (Å²) in [7, 11) is 0. The first kappa shape index (κ1) is 16.2. The molecule has 0 saturated heterocycles. The van der Waals surface area contributed by atoms with Gasteiger partial charge in [0.1, 0.15) is 11.5 Å². The molecule has 0 aliphatic heterocycles. The van der Waals surface area contributed by atoms with Gasteiger partial charge in [-0.05, 0) is 50.2 Å². The number of benzene rings is 1. The van der Waals surface area contributed by atoms with E-state index < -0.39 is 0 Å². The predicted molar refractivity (Wildman–Crippen MR) is 88.2 cm³/mol. The van der Waals surface area contributed by atoms with Crippen molar-refractivity contribution in [3.63, 3.8) is 0 Å². The van der Waals surface area contributed by atoms with E-state index >= 15 is 0 Å². The van der Waals surface area contributed by atoms with Crippen molar-refractivity contribution < 1.29 is 9.84 Å². The first-order valence-electron chi connectivity index (χ1n) is 8.70. The predicted octanol–water partition coefficient (Wildman–Crippen LogP) is 5.79. The second kappa shape index (κ2) is 8.31. The Hall–Kier alpha value is -1.18. The Labute approximate surface area is 129 Å². The lowest BCUT2D eigenvalue weighted by Gasteiger charge is -2.23. The molecule has 1 saturated carbocycles. The van der Waals surface area contributed by atoms with E-state index in [9.17, 15) is 5.11 Å². The summed E-state index contributed by atoms with van der Waals surface area (Å²) in [6.45, 7) is 4.33. The third-order valence-electron chi connectivity index (χ3n) is 4.60. The highest BCUT2D eigenvalue weighted by Crippen LogP contribution is 2.38. The minimum Gasteiger partial charge on any atom is -0.508 e. The Balaban J connectivity index is 1.91. The fourth-order valence-electron chi connectivity index (χ4n) is 3.33. The van der Waals surface area contributed by atoms with Gasteiger partial charge >= 0.3 is 0 Å². The molecule has 21 heavy (non-hydrogen) atoms. The lowest BCUT2D eigenvalue weighted by Crippen LogP contribution is -2.11. The second-order valence-corrected chi connectivity index (χ2v) is 6.48. The molecule has 2 rings (SSSR count). The van der Waals surface area contributed by atoms with Crippen molar-refractivity contribution >= 4 is 0 Å². The van der Waals surface area contributed by atoms with Crippen LogP contribution in [0, 0.1) is 0 Å². The summed E-state index contributed by atoms with van der Waals surface area (Å²) in [5.74, 6) is 1.76. The number of phenolic OH excluding ortho intramolecular Hbond substituents is 1. The monoisotopic (exact) mass is 290 g/mol. The van der Waals surface area contributed by atoms with Crippen LogP contribution in [0.1, 0.15) is 83.1 Å². The van der Waals surface area contributed by atoms with Crippen molar-refractivity contribution in [1.82, 2.24) is 0 Å². The summed E-state index contributed by atoms with van der Waals surface area (Å²) in [6.07, 6.45) is 11.4. The van der Waals surface area contributed by atoms with Crippen molar-refractivity contribution in [3.05, 3.63) is 23.8 Å². The molecular weight excluding hydrogens is 260 g/mol. The molecule has 1 N–H and O–H groups in total. The Morgan fingerprint density at radius 2 is 1.95 bits per heavy atom. The summed E-state index contributed by atoms with van der Waals surface area (Å²) in [5, 5.41) is 10.3. The van der Waals surface area contributed by atoms with E-state index in [4.69, 9.17) is 4.74 Å². The van der Waals surface area contributed by atoms with Crippen molar-refractivity contribution in [2.45, 2.75) is 83.7 Å². The molecule has 1 fully saturated rings. The van der Waals surface area contributed by atoms with E-state index in [1.807, 2.05) is 6.07 Å². The maximum atomic E-state index is 10.3. The van der Waals surface area contributed by atoms with Gasteiger partial charge in [-0.25, -0.2) is 0 Å². The smallest absolute Gasteiger partial charge is 0.123 e. The maximum Gasteiger partial charge on any atom is 0.123 e. The van der Waals surface area contributed by atoms with Crippen LogP contribution >= 0.6 is 0 Å². The zero-order chi connectivity index (χ0) is 15.1. The molecule has 0 aromatic heterocycles. The lowest BCUT2D eigenvalue weighted by atomic mass is 9.84. The first-order valence-corrected chi connectivity index (χ1v) is 8.70. The number of hydrogen-bond acceptors (Lipinski definition) is 2. The summed E-state index contributed by atoms with van der Waals surface area (Å²) >= 11 is 0. The van der Waals surface area contributed by atoms with Crippen LogP contribution in [0.5, 0.6) is 11.5 Å². The van der Waals surface area contributed by atoms with Crippen LogP contribution in [-0.4, -0.2) is 11.2 Å². The van der Waals surface area contributed by atoms with Gasteiger partial charge in [0.15, 0.2) is 0 Å². The van der Waals surface area contributed by atoms with Crippen LogP contribution in [0.4, 0.5) is 0 Å². The van der Waals surface area contributed by atoms with Gasteiger partial charge in [0.2, 0.25) is 0 Å². The minimum atomic E-state index is 0.219. The SMILES string of the molecule is CCCCCC(C)Oc1ccc(C2CCCCC2)c(O)c1. The van der Waals surface area contributed by atoms with Crippen LogP contribution in [-0.2, 0) is 0 Å². The molecular formula is C19H30O2. The molecule has 1 aromatic rings. The van der Waals surface area contributed by atoms with Gasteiger partial charge in [-0.1, -0.05) is 45.1 Å². The Morgan fingerprint density at radius 1 is 1.19 bits per heavy atom. The molecule has 0 heterocycles. The largest absolute Gasteiger partial charge is 0.508 e. The van der Waals surface area contributed by atoms with E-state index in [2.05, 4.69) is 19.9 Å². The third-order valence-corrected chi connectivity index (χ3v) is 4.60. The number of rotatable bonds is 7. The van der Waals surface area contributed by atoms with Crippen molar-refractivity contribution in [2.24, 2.45) is 0 Å². The minimum absolute atomic E-state index is 0.219. The molecule has 0 spiro atoms. The maximum absolute atomic E-state index is 10.3. The zero-order valence-electron chi connectivity index (χ0n) is 13.6. The van der Waals surface area contributed by atoms with E-state index in [0.29, 0.717) is 11.7 Å². The van der Waals surface area contributed by atoms with Crippen LogP contribution in [0.2, 0.25) is 0 Å². The highest BCUT2D eigenvalue weighted by molar-refractivity contribution is 5.42. The van der Waals surface area contributed by atoms with Gasteiger partial charge in [0.05, 0.1) is 6.10 Å². The van der Waals surface area contributed by atoms with Gasteiger partial charge < -0.3 is 9.84 Å². The molecule has 0 amide bonds. The van der Waals surface area contributed by atoms with Gasteiger partial charge in [-0.15, -0.1) is 0 Å². The number of aromatic hydroxyl groups is 1. The Bertz CT molecular complexity index is 422. The van der Waals surface area contributed by atoms with Crippen molar-refractivity contribution in [3.8, 4) is 11.5 Å². The van der Waals surface area contributed by atoms with Crippen LogP contribution in [0.3, 0.4) is 0 Å². The van der Waals surface area contributed by atoms with Crippen molar-refractivity contribution in [1.29, 1.82) is 0 Å². The molecule has 0 radical (unpaired) electrons. The van der Waals surface area contributed by atoms with Crippen LogP contribution in [0.15, 0.2) is 18.2 Å². The molecule has 1 atom stereocenters. The topological polar surface area (TPSA) is 29.5 Å². The molecule has 1 aromatic carbocycles. The molecule has 2 nitrogen and oxygen atoms in total. The third kappa shape index (κ3) is 4.94. The zero-order valence-corrected chi connectivity index (χ0v) is 13.6. The number of hydrogen-bond donors (Lipinski definition) is 1. The summed E-state index contributed by atoms with van der Waals surface area (Å²) in [4.78, 5) is 0. The quantitative estimate of drug-likeness (QED) is 0.644. The van der Waals surface area contributed by atoms with Gasteiger partial charge in [-0.2, -0.15) is 0 Å². The summed E-state index contributed by atoms with van der Waals surface area (Å²) < 4.78 is 5.92. The normalized spacial score (nSPS) is 17.6. The molecule has 1 aliphatic rings. The highest BCUT2D eigenvalue weighted by atomic mass is 16.5. The number of ether oxygens (including phenoxy) is 1. The Kier molecular flexibility index (Phi) is 6.41. The van der Waals surface area contributed by atoms with E-state index in [-0.39, 0.29) is 6.10 Å². The van der Waals surface area contributed by atoms with E-state index in [1.54, 1.807) is 6.07 Å². The average molecular weight is 290 g/mol. The summed E-state index contributed by atoms with van der Waals surface area (Å²) in [5.41, 5.74) is 1.11. The number of unbranched alkanes of at least 4 members (excludes halogenated alkanes) is 2. The molecule has 0 bridgehead atoms. The van der Waals surface area contributed by atoms with Gasteiger partial charge in [0, 0.05) is 6.07 Å². The first-order chi connectivity index (χ1) is 10.2. The van der Waals surface area contributed by atoms with Crippen molar-refractivity contribution in [2.75, 3.05) is 0 Å². The fraction of sp³-hybridized carbons (Fsp3) is 0.684. The molecule has 118 valence electrons. The van der Waals surface area contributed by atoms with Crippen LogP contribution in [0.25, 0.3) is 0 Å². The van der Waals surface area contributed by atoms with E-state index in [1.165, 1.54) is 51.4 Å². The standard InChI is InChI=1S/C19H30O2/c1-3-4-6-9-15(2)21-17-12-13-18(19(20)14-17)16-10-7-5-8-11-16/h12-16,20H,3-11H2,1-2H3. The summed E-state index contributed by atoms with van der Waals surface area (Å²) in [6, 6.07) is 5.90. The molecule has 1 unspecified atom stereocenters. The van der Waals surface area contributed by atoms with Gasteiger partial charge in [0.25, 0.3) is 0 Å².